The van der Waals surface area contributed by atoms with E-state index in [1.54, 1.807) is 0 Å². The molecular formula is C15H18N2O. The largest absolute Gasteiger partial charge is 0.341 e. The maximum absolute atomic E-state index is 11.7. The molecule has 0 aliphatic heterocycles. The maximum atomic E-state index is 11.7. The molecule has 0 bridgehead atoms. The molecule has 0 heterocycles. The molecule has 2 atom stereocenters. The molecule has 3 heteroatoms. The third-order valence-corrected chi connectivity index (χ3v) is 3.23. The minimum absolute atomic E-state index is 0.0706. The first-order valence-corrected chi connectivity index (χ1v) is 6.39. The number of carbonyl (C=O) groups excluding carboxylic acids is 1. The zero-order valence-corrected chi connectivity index (χ0v) is 10.4. The predicted octanol–water partition coefficient (Wildman–Crippen LogP) is 1.42. The molecule has 18 heavy (non-hydrogen) atoms. The number of hydrogen-bond acceptors (Lipinski definition) is 2. The van der Waals surface area contributed by atoms with Crippen LogP contribution in [-0.4, -0.2) is 18.0 Å². The van der Waals surface area contributed by atoms with Crippen molar-refractivity contribution in [1.82, 2.24) is 5.32 Å². The van der Waals surface area contributed by atoms with Gasteiger partial charge in [0, 0.05) is 23.6 Å². The van der Waals surface area contributed by atoms with Crippen molar-refractivity contribution in [1.29, 1.82) is 0 Å². The van der Waals surface area contributed by atoms with Gasteiger partial charge in [-0.15, -0.1) is 0 Å². The van der Waals surface area contributed by atoms with Crippen LogP contribution in [0.15, 0.2) is 30.3 Å². The Morgan fingerprint density at radius 3 is 2.67 bits per heavy atom. The quantitative estimate of drug-likeness (QED) is 0.732. The Kier molecular flexibility index (Phi) is 4.38. The average molecular weight is 242 g/mol. The highest BCUT2D eigenvalue weighted by Crippen LogP contribution is 2.16. The Hall–Kier alpha value is -1.79. The molecule has 1 aromatic carbocycles. The van der Waals surface area contributed by atoms with Gasteiger partial charge in [-0.1, -0.05) is 37.0 Å². The molecule has 1 fully saturated rings. The van der Waals surface area contributed by atoms with Crippen LogP contribution in [0, 0.1) is 11.8 Å². The first kappa shape index (κ1) is 12.7. The number of nitrogens with two attached hydrogens (primary N) is 1. The van der Waals surface area contributed by atoms with Crippen LogP contribution in [0.4, 0.5) is 0 Å². The number of amides is 1. The van der Waals surface area contributed by atoms with Crippen LogP contribution >= 0.6 is 0 Å². The van der Waals surface area contributed by atoms with E-state index < -0.39 is 0 Å². The van der Waals surface area contributed by atoms with Crippen molar-refractivity contribution in [2.45, 2.75) is 37.8 Å². The monoisotopic (exact) mass is 242 g/mol. The summed E-state index contributed by atoms with van der Waals surface area (Å²) in [5, 5.41) is 2.90. The molecule has 1 saturated carbocycles. The average Bonchev–Trinajstić information content (AvgIpc) is 2.40. The van der Waals surface area contributed by atoms with Gasteiger partial charge in [-0.3, -0.25) is 4.79 Å². The Balaban J connectivity index is 1.91. The molecule has 94 valence electrons. The minimum atomic E-state index is -0.235. The van der Waals surface area contributed by atoms with Gasteiger partial charge in [-0.05, 0) is 25.0 Å². The lowest BCUT2D eigenvalue weighted by molar-refractivity contribution is -0.116. The number of carbonyl (C=O) groups is 1. The van der Waals surface area contributed by atoms with E-state index in [1.165, 1.54) is 0 Å². The summed E-state index contributed by atoms with van der Waals surface area (Å²) >= 11 is 0. The van der Waals surface area contributed by atoms with Crippen LogP contribution in [0.3, 0.4) is 0 Å². The summed E-state index contributed by atoms with van der Waals surface area (Å²) < 4.78 is 0. The van der Waals surface area contributed by atoms with E-state index in [4.69, 9.17) is 5.73 Å². The van der Waals surface area contributed by atoms with Crippen molar-refractivity contribution in [3.05, 3.63) is 35.9 Å². The summed E-state index contributed by atoms with van der Waals surface area (Å²) in [5.41, 5.74) is 6.82. The topological polar surface area (TPSA) is 55.1 Å². The predicted molar refractivity (Wildman–Crippen MR) is 71.7 cm³/mol. The maximum Gasteiger partial charge on any atom is 0.296 e. The smallest absolute Gasteiger partial charge is 0.296 e. The second-order valence-electron chi connectivity index (χ2n) is 4.64. The second kappa shape index (κ2) is 6.23. The zero-order chi connectivity index (χ0) is 12.8. The Bertz CT molecular complexity index is 458. The fraction of sp³-hybridized carbons (Fsp3) is 0.400. The van der Waals surface area contributed by atoms with Gasteiger partial charge in [-0.25, -0.2) is 0 Å². The van der Waals surface area contributed by atoms with Crippen molar-refractivity contribution in [3.8, 4) is 11.8 Å². The van der Waals surface area contributed by atoms with E-state index in [9.17, 15) is 4.79 Å². The highest BCUT2D eigenvalue weighted by atomic mass is 16.1. The second-order valence-corrected chi connectivity index (χ2v) is 4.64. The van der Waals surface area contributed by atoms with Crippen molar-refractivity contribution in [2.24, 2.45) is 5.73 Å². The van der Waals surface area contributed by atoms with Crippen molar-refractivity contribution in [2.75, 3.05) is 0 Å². The lowest BCUT2D eigenvalue weighted by Gasteiger charge is -2.28. The standard InChI is InChI=1S/C15H18N2O/c16-13-8-4-5-9-14(13)17-15(18)11-10-12-6-2-1-3-7-12/h1-3,6-7,13-14H,4-5,8-9,16H2,(H,17,18). The molecule has 1 aliphatic rings. The molecule has 1 amide bonds. The summed E-state index contributed by atoms with van der Waals surface area (Å²) in [4.78, 5) is 11.7. The first-order chi connectivity index (χ1) is 8.75. The highest BCUT2D eigenvalue weighted by Gasteiger charge is 2.22. The number of rotatable bonds is 1. The fourth-order valence-electron chi connectivity index (χ4n) is 2.19. The van der Waals surface area contributed by atoms with E-state index in [0.29, 0.717) is 0 Å². The molecule has 1 aliphatic carbocycles. The first-order valence-electron chi connectivity index (χ1n) is 6.39. The zero-order valence-electron chi connectivity index (χ0n) is 10.4. The summed E-state index contributed by atoms with van der Waals surface area (Å²) in [6.07, 6.45) is 4.23. The molecule has 0 saturated heterocycles. The number of hydrogen-bond donors (Lipinski definition) is 2. The normalized spacial score (nSPS) is 22.7. The van der Waals surface area contributed by atoms with Gasteiger partial charge in [0.05, 0.1) is 0 Å². The van der Waals surface area contributed by atoms with Gasteiger partial charge in [0.15, 0.2) is 0 Å². The van der Waals surface area contributed by atoms with Crippen LogP contribution in [-0.2, 0) is 4.79 Å². The molecule has 0 aromatic heterocycles. The van der Waals surface area contributed by atoms with E-state index in [0.717, 1.165) is 31.2 Å². The summed E-state index contributed by atoms with van der Waals surface area (Å²) in [6.45, 7) is 0. The summed E-state index contributed by atoms with van der Waals surface area (Å²) in [7, 11) is 0. The molecule has 2 unspecified atom stereocenters. The third kappa shape index (κ3) is 3.61. The Labute approximate surface area is 108 Å². The molecule has 3 nitrogen and oxygen atoms in total. The molecule has 1 aromatic rings. The van der Waals surface area contributed by atoms with Gasteiger partial charge in [0.1, 0.15) is 0 Å². The van der Waals surface area contributed by atoms with Gasteiger partial charge in [0.2, 0.25) is 0 Å². The lowest BCUT2D eigenvalue weighted by atomic mass is 9.91. The van der Waals surface area contributed by atoms with Crippen molar-refractivity contribution < 1.29 is 4.79 Å². The van der Waals surface area contributed by atoms with Gasteiger partial charge in [0.25, 0.3) is 5.91 Å². The molecule has 3 N–H and O–H groups in total. The minimum Gasteiger partial charge on any atom is -0.341 e. The highest BCUT2D eigenvalue weighted by molar-refractivity contribution is 5.94. The van der Waals surface area contributed by atoms with E-state index in [1.807, 2.05) is 30.3 Å². The number of nitrogens with one attached hydrogen (secondary N) is 1. The van der Waals surface area contributed by atoms with Gasteiger partial charge >= 0.3 is 0 Å². The van der Waals surface area contributed by atoms with E-state index >= 15 is 0 Å². The SMILES string of the molecule is NC1CCCCC1NC(=O)C#Cc1ccccc1. The van der Waals surface area contributed by atoms with Crippen LogP contribution in [0.1, 0.15) is 31.2 Å². The Morgan fingerprint density at radius 2 is 1.94 bits per heavy atom. The Morgan fingerprint density at radius 1 is 1.22 bits per heavy atom. The van der Waals surface area contributed by atoms with Crippen LogP contribution in [0.5, 0.6) is 0 Å². The van der Waals surface area contributed by atoms with Crippen molar-refractivity contribution in [3.63, 3.8) is 0 Å². The fourth-order valence-corrected chi connectivity index (χ4v) is 2.19. The lowest BCUT2D eigenvalue weighted by Crippen LogP contribution is -2.49. The molecule has 0 radical (unpaired) electrons. The third-order valence-electron chi connectivity index (χ3n) is 3.23. The van der Waals surface area contributed by atoms with E-state index in [2.05, 4.69) is 17.2 Å². The van der Waals surface area contributed by atoms with E-state index in [-0.39, 0.29) is 18.0 Å². The van der Waals surface area contributed by atoms with Crippen LogP contribution in [0.2, 0.25) is 0 Å². The summed E-state index contributed by atoms with van der Waals surface area (Å²) in [5.74, 6) is 5.22. The van der Waals surface area contributed by atoms with Gasteiger partial charge < -0.3 is 11.1 Å². The van der Waals surface area contributed by atoms with Crippen LogP contribution < -0.4 is 11.1 Å². The summed E-state index contributed by atoms with van der Waals surface area (Å²) in [6, 6.07) is 9.64. The van der Waals surface area contributed by atoms with Crippen LogP contribution in [0.25, 0.3) is 0 Å². The number of benzene rings is 1. The molecule has 2 rings (SSSR count). The van der Waals surface area contributed by atoms with Gasteiger partial charge in [-0.2, -0.15) is 0 Å². The molecular weight excluding hydrogens is 224 g/mol. The molecule has 0 spiro atoms. The van der Waals surface area contributed by atoms with Crippen molar-refractivity contribution >= 4 is 5.91 Å².